The van der Waals surface area contributed by atoms with E-state index in [1.54, 1.807) is 50.2 Å². The number of amides is 2. The fourth-order valence-corrected chi connectivity index (χ4v) is 2.06. The van der Waals surface area contributed by atoms with Crippen molar-refractivity contribution in [1.29, 1.82) is 0 Å². The monoisotopic (exact) mass is 322 g/mol. The van der Waals surface area contributed by atoms with E-state index in [1.165, 1.54) is 12.4 Å². The summed E-state index contributed by atoms with van der Waals surface area (Å²) in [7, 11) is 0. The van der Waals surface area contributed by atoms with E-state index < -0.39 is 0 Å². The van der Waals surface area contributed by atoms with E-state index in [0.29, 0.717) is 11.1 Å². The molecule has 2 N–H and O–H groups in total. The zero-order chi connectivity index (χ0) is 17.4. The second kappa shape index (κ2) is 8.38. The van der Waals surface area contributed by atoms with Gasteiger partial charge in [0.25, 0.3) is 11.8 Å². The van der Waals surface area contributed by atoms with Crippen molar-refractivity contribution in [2.45, 2.75) is 13.8 Å². The molecule has 0 aromatic heterocycles. The Morgan fingerprint density at radius 3 is 1.58 bits per heavy atom. The molecule has 2 aromatic carbocycles. The van der Waals surface area contributed by atoms with Crippen LogP contribution in [0, 0.1) is 0 Å². The van der Waals surface area contributed by atoms with Gasteiger partial charge in [-0.1, -0.05) is 24.3 Å². The molecule has 0 aliphatic carbocycles. The molecule has 6 heteroatoms. The highest BCUT2D eigenvalue weighted by atomic mass is 16.2. The summed E-state index contributed by atoms with van der Waals surface area (Å²) in [6.45, 7) is 3.44. The lowest BCUT2D eigenvalue weighted by Crippen LogP contribution is -2.17. The summed E-state index contributed by atoms with van der Waals surface area (Å²) in [5.41, 5.74) is 7.50. The van der Waals surface area contributed by atoms with E-state index in [9.17, 15) is 9.59 Å². The van der Waals surface area contributed by atoms with Gasteiger partial charge in [-0.25, -0.2) is 10.9 Å². The molecule has 0 unspecified atom stereocenters. The molecule has 6 nitrogen and oxygen atoms in total. The van der Waals surface area contributed by atoms with Gasteiger partial charge in [-0.15, -0.1) is 0 Å². The van der Waals surface area contributed by atoms with Gasteiger partial charge in [-0.05, 0) is 49.2 Å². The Hall–Kier alpha value is -3.28. The Kier molecular flexibility index (Phi) is 5.96. The van der Waals surface area contributed by atoms with Crippen LogP contribution in [0.4, 0.5) is 0 Å². The molecule has 2 amide bonds. The molecule has 0 aliphatic rings. The van der Waals surface area contributed by atoms with Crippen molar-refractivity contribution < 1.29 is 9.59 Å². The van der Waals surface area contributed by atoms with E-state index in [4.69, 9.17) is 0 Å². The fourth-order valence-electron chi connectivity index (χ4n) is 2.06. The average molecular weight is 322 g/mol. The summed E-state index contributed by atoms with van der Waals surface area (Å²) in [5, 5.41) is 7.45. The maximum absolute atomic E-state index is 12.0. The molecular weight excluding hydrogens is 304 g/mol. The van der Waals surface area contributed by atoms with Crippen LogP contribution in [0.25, 0.3) is 11.1 Å². The zero-order valence-electron chi connectivity index (χ0n) is 13.5. The van der Waals surface area contributed by atoms with Gasteiger partial charge in [0.05, 0.1) is 0 Å². The predicted octanol–water partition coefficient (Wildman–Crippen LogP) is 2.82. The largest absolute Gasteiger partial charge is 0.271 e. The van der Waals surface area contributed by atoms with Gasteiger partial charge in [0.1, 0.15) is 0 Å². The Morgan fingerprint density at radius 1 is 0.792 bits per heavy atom. The Labute approximate surface area is 140 Å². The van der Waals surface area contributed by atoms with Crippen LogP contribution < -0.4 is 10.9 Å². The highest BCUT2D eigenvalue weighted by molar-refractivity contribution is 5.97. The minimum atomic E-state index is -0.291. The number of benzene rings is 2. The summed E-state index contributed by atoms with van der Waals surface area (Å²) >= 11 is 0. The molecule has 0 bridgehead atoms. The van der Waals surface area contributed by atoms with Crippen molar-refractivity contribution in [3.05, 3.63) is 59.7 Å². The number of carbonyl (C=O) groups excluding carboxylic acids is 2. The van der Waals surface area contributed by atoms with Gasteiger partial charge in [0.15, 0.2) is 0 Å². The number of hydrogen-bond donors (Lipinski definition) is 2. The first-order valence-electron chi connectivity index (χ1n) is 7.42. The molecule has 0 spiro atoms. The second-order valence-electron chi connectivity index (χ2n) is 4.82. The van der Waals surface area contributed by atoms with Crippen LogP contribution in [0.15, 0.2) is 58.7 Å². The van der Waals surface area contributed by atoms with Gasteiger partial charge in [-0.3, -0.25) is 9.59 Å². The SMILES string of the molecule is C/C=N/NC(=O)c1cccc(-c2cccc(C(=O)N/N=C/C)c2)c1. The third-order valence-electron chi connectivity index (χ3n) is 3.17. The minimum absolute atomic E-state index is 0.291. The Bertz CT molecular complexity index is 730. The molecule has 2 rings (SSSR count). The molecular formula is C18H18N4O2. The maximum atomic E-state index is 12.0. The molecule has 0 saturated carbocycles. The number of nitrogens with zero attached hydrogens (tertiary/aromatic N) is 2. The number of hydrazone groups is 2. The highest BCUT2D eigenvalue weighted by Crippen LogP contribution is 2.21. The summed E-state index contributed by atoms with van der Waals surface area (Å²) in [6, 6.07) is 14.2. The fraction of sp³-hybridized carbons (Fsp3) is 0.111. The number of nitrogens with one attached hydrogen (secondary N) is 2. The van der Waals surface area contributed by atoms with Gasteiger partial charge < -0.3 is 0 Å². The molecule has 0 radical (unpaired) electrons. The van der Waals surface area contributed by atoms with Crippen molar-refractivity contribution in [2.24, 2.45) is 10.2 Å². The lowest BCUT2D eigenvalue weighted by atomic mass is 10.0. The Balaban J connectivity index is 2.28. The van der Waals surface area contributed by atoms with Gasteiger partial charge >= 0.3 is 0 Å². The van der Waals surface area contributed by atoms with E-state index in [0.717, 1.165) is 11.1 Å². The van der Waals surface area contributed by atoms with Crippen LogP contribution in [-0.4, -0.2) is 24.2 Å². The van der Waals surface area contributed by atoms with Gasteiger partial charge in [0.2, 0.25) is 0 Å². The van der Waals surface area contributed by atoms with Crippen LogP contribution in [0.2, 0.25) is 0 Å². The molecule has 2 aromatic rings. The minimum Gasteiger partial charge on any atom is -0.267 e. The Morgan fingerprint density at radius 2 is 1.21 bits per heavy atom. The van der Waals surface area contributed by atoms with Crippen molar-refractivity contribution in [3.63, 3.8) is 0 Å². The van der Waals surface area contributed by atoms with Gasteiger partial charge in [0, 0.05) is 23.6 Å². The van der Waals surface area contributed by atoms with Crippen LogP contribution >= 0.6 is 0 Å². The van der Waals surface area contributed by atoms with E-state index >= 15 is 0 Å². The summed E-state index contributed by atoms with van der Waals surface area (Å²) in [6.07, 6.45) is 3.01. The summed E-state index contributed by atoms with van der Waals surface area (Å²) in [4.78, 5) is 24.0. The van der Waals surface area contributed by atoms with Crippen molar-refractivity contribution in [2.75, 3.05) is 0 Å². The third-order valence-corrected chi connectivity index (χ3v) is 3.17. The lowest BCUT2D eigenvalue weighted by Gasteiger charge is -2.07. The second-order valence-corrected chi connectivity index (χ2v) is 4.82. The van der Waals surface area contributed by atoms with Crippen molar-refractivity contribution >= 4 is 24.2 Å². The lowest BCUT2D eigenvalue weighted by molar-refractivity contribution is 0.0947. The topological polar surface area (TPSA) is 82.9 Å². The highest BCUT2D eigenvalue weighted by Gasteiger charge is 2.09. The van der Waals surface area contributed by atoms with Crippen LogP contribution in [0.3, 0.4) is 0 Å². The van der Waals surface area contributed by atoms with Crippen LogP contribution in [-0.2, 0) is 0 Å². The quantitative estimate of drug-likeness (QED) is 0.655. The maximum Gasteiger partial charge on any atom is 0.271 e. The molecule has 0 fully saturated rings. The third kappa shape index (κ3) is 4.36. The predicted molar refractivity (Wildman–Crippen MR) is 95.1 cm³/mol. The molecule has 0 saturated heterocycles. The zero-order valence-corrected chi connectivity index (χ0v) is 13.5. The first-order valence-corrected chi connectivity index (χ1v) is 7.42. The van der Waals surface area contributed by atoms with E-state index in [-0.39, 0.29) is 11.8 Å². The van der Waals surface area contributed by atoms with Gasteiger partial charge in [-0.2, -0.15) is 10.2 Å². The molecule has 24 heavy (non-hydrogen) atoms. The number of hydrogen-bond acceptors (Lipinski definition) is 4. The van der Waals surface area contributed by atoms with Crippen molar-refractivity contribution in [1.82, 2.24) is 10.9 Å². The standard InChI is InChI=1S/C18H18N4O2/c1-3-19-21-17(23)15-9-5-7-13(11-15)14-8-6-10-16(12-14)18(24)22-20-4-2/h3-12H,1-2H3,(H,21,23)(H,22,24)/b19-3+,20-4+. The van der Waals surface area contributed by atoms with E-state index in [1.807, 2.05) is 12.1 Å². The van der Waals surface area contributed by atoms with E-state index in [2.05, 4.69) is 21.1 Å². The summed E-state index contributed by atoms with van der Waals surface area (Å²) in [5.74, 6) is -0.581. The molecule has 122 valence electrons. The molecule has 0 heterocycles. The average Bonchev–Trinajstić information content (AvgIpc) is 2.64. The normalized spacial score (nSPS) is 10.9. The van der Waals surface area contributed by atoms with Crippen LogP contribution in [0.5, 0.6) is 0 Å². The van der Waals surface area contributed by atoms with Crippen LogP contribution in [0.1, 0.15) is 34.6 Å². The smallest absolute Gasteiger partial charge is 0.267 e. The molecule has 0 aliphatic heterocycles. The van der Waals surface area contributed by atoms with Crippen molar-refractivity contribution in [3.8, 4) is 11.1 Å². The summed E-state index contributed by atoms with van der Waals surface area (Å²) < 4.78 is 0. The number of rotatable bonds is 5. The molecule has 0 atom stereocenters. The first-order chi connectivity index (χ1) is 11.7. The number of carbonyl (C=O) groups is 2. The first kappa shape index (κ1) is 17.1.